The molecule has 1 aliphatic rings. The van der Waals surface area contributed by atoms with Crippen molar-refractivity contribution in [1.82, 2.24) is 0 Å². The van der Waals surface area contributed by atoms with E-state index in [1.165, 1.54) is 0 Å². The first-order valence-electron chi connectivity index (χ1n) is 5.10. The maximum absolute atomic E-state index is 9.86. The van der Waals surface area contributed by atoms with Gasteiger partial charge in [0.1, 0.15) is 12.4 Å². The first kappa shape index (κ1) is 9.53. The molecule has 0 aromatic heterocycles. The highest BCUT2D eigenvalue weighted by Crippen LogP contribution is 2.37. The molecule has 1 unspecified atom stereocenters. The second kappa shape index (κ2) is 3.62. The molecule has 1 aromatic rings. The molecule has 2 atom stereocenters. The quantitative estimate of drug-likeness (QED) is 0.739. The fourth-order valence-electron chi connectivity index (χ4n) is 2.18. The monoisotopic (exact) mass is 192 g/mol. The van der Waals surface area contributed by atoms with E-state index < -0.39 is 0 Å². The van der Waals surface area contributed by atoms with Gasteiger partial charge in [-0.1, -0.05) is 32.0 Å². The van der Waals surface area contributed by atoms with Crippen molar-refractivity contribution < 1.29 is 9.84 Å². The summed E-state index contributed by atoms with van der Waals surface area (Å²) in [6, 6.07) is 7.97. The first-order chi connectivity index (χ1) is 6.70. The van der Waals surface area contributed by atoms with E-state index in [1.54, 1.807) is 0 Å². The highest BCUT2D eigenvalue weighted by atomic mass is 16.5. The molecule has 76 valence electrons. The SMILES string of the molecule is CC(C)C1c2ccccc2OC[C@H]1O. The Hall–Kier alpha value is -1.02. The van der Waals surface area contributed by atoms with E-state index >= 15 is 0 Å². The third-order valence-electron chi connectivity index (χ3n) is 2.82. The third-order valence-corrected chi connectivity index (χ3v) is 2.82. The number of ether oxygens (including phenoxy) is 1. The molecule has 0 aliphatic carbocycles. The summed E-state index contributed by atoms with van der Waals surface area (Å²) in [5, 5.41) is 9.86. The molecule has 0 fully saturated rings. The van der Waals surface area contributed by atoms with Gasteiger partial charge >= 0.3 is 0 Å². The standard InChI is InChI=1S/C12H16O2/c1-8(2)12-9-5-3-4-6-11(9)14-7-10(12)13/h3-6,8,10,12-13H,7H2,1-2H3/t10-,12?/m1/s1. The molecule has 1 aromatic carbocycles. The minimum Gasteiger partial charge on any atom is -0.491 e. The van der Waals surface area contributed by atoms with Crippen molar-refractivity contribution in [3.63, 3.8) is 0 Å². The van der Waals surface area contributed by atoms with Crippen molar-refractivity contribution >= 4 is 0 Å². The molecule has 2 rings (SSSR count). The molecule has 1 heterocycles. The largest absolute Gasteiger partial charge is 0.491 e. The van der Waals surface area contributed by atoms with Crippen molar-refractivity contribution in [3.05, 3.63) is 29.8 Å². The Morgan fingerprint density at radius 2 is 2.07 bits per heavy atom. The van der Waals surface area contributed by atoms with Gasteiger partial charge in [0.15, 0.2) is 0 Å². The predicted molar refractivity (Wildman–Crippen MR) is 55.5 cm³/mol. The van der Waals surface area contributed by atoms with Crippen molar-refractivity contribution in [2.45, 2.75) is 25.9 Å². The zero-order valence-corrected chi connectivity index (χ0v) is 8.60. The summed E-state index contributed by atoms with van der Waals surface area (Å²) in [4.78, 5) is 0. The van der Waals surface area contributed by atoms with Crippen LogP contribution in [0.5, 0.6) is 5.75 Å². The van der Waals surface area contributed by atoms with E-state index in [9.17, 15) is 5.11 Å². The van der Waals surface area contributed by atoms with Gasteiger partial charge in [0.2, 0.25) is 0 Å². The fraction of sp³-hybridized carbons (Fsp3) is 0.500. The second-order valence-electron chi connectivity index (χ2n) is 4.19. The molecule has 0 spiro atoms. The fourth-order valence-corrected chi connectivity index (χ4v) is 2.18. The Labute approximate surface area is 84.5 Å². The molecular formula is C12H16O2. The minimum absolute atomic E-state index is 0.208. The first-order valence-corrected chi connectivity index (χ1v) is 5.10. The summed E-state index contributed by atoms with van der Waals surface area (Å²) in [5.74, 6) is 1.58. The molecule has 0 saturated carbocycles. The normalized spacial score (nSPS) is 25.7. The van der Waals surface area contributed by atoms with Crippen molar-refractivity contribution in [1.29, 1.82) is 0 Å². The predicted octanol–water partition coefficient (Wildman–Crippen LogP) is 2.18. The van der Waals surface area contributed by atoms with Gasteiger partial charge < -0.3 is 9.84 Å². The van der Waals surface area contributed by atoms with Gasteiger partial charge in [0, 0.05) is 11.5 Å². The van der Waals surface area contributed by atoms with Crippen LogP contribution in [0, 0.1) is 5.92 Å². The van der Waals surface area contributed by atoms with E-state index in [-0.39, 0.29) is 12.0 Å². The maximum atomic E-state index is 9.86. The van der Waals surface area contributed by atoms with E-state index in [0.717, 1.165) is 11.3 Å². The summed E-state index contributed by atoms with van der Waals surface area (Å²) < 4.78 is 5.47. The van der Waals surface area contributed by atoms with Crippen LogP contribution in [0.2, 0.25) is 0 Å². The van der Waals surface area contributed by atoms with Crippen LogP contribution in [-0.2, 0) is 0 Å². The molecule has 0 bridgehead atoms. The van der Waals surface area contributed by atoms with Crippen LogP contribution in [0.4, 0.5) is 0 Å². The Morgan fingerprint density at radius 3 is 2.79 bits per heavy atom. The number of aliphatic hydroxyl groups is 1. The van der Waals surface area contributed by atoms with Gasteiger partial charge in [-0.3, -0.25) is 0 Å². The topological polar surface area (TPSA) is 29.5 Å². The van der Waals surface area contributed by atoms with E-state index in [0.29, 0.717) is 12.5 Å². The lowest BCUT2D eigenvalue weighted by atomic mass is 9.82. The molecule has 14 heavy (non-hydrogen) atoms. The number of para-hydroxylation sites is 1. The van der Waals surface area contributed by atoms with Gasteiger partial charge in [0.05, 0.1) is 6.10 Å². The molecule has 0 saturated heterocycles. The molecule has 1 N–H and O–H groups in total. The summed E-state index contributed by atoms with van der Waals surface area (Å²) in [6.45, 7) is 4.69. The Kier molecular flexibility index (Phi) is 2.46. The lowest BCUT2D eigenvalue weighted by molar-refractivity contribution is 0.0516. The Morgan fingerprint density at radius 1 is 1.36 bits per heavy atom. The Bertz CT molecular complexity index is 320. The highest BCUT2D eigenvalue weighted by Gasteiger charge is 2.31. The molecule has 2 heteroatoms. The number of aliphatic hydroxyl groups excluding tert-OH is 1. The smallest absolute Gasteiger partial charge is 0.123 e. The van der Waals surface area contributed by atoms with Crippen molar-refractivity contribution in [2.75, 3.05) is 6.61 Å². The van der Waals surface area contributed by atoms with E-state index in [2.05, 4.69) is 13.8 Å². The molecular weight excluding hydrogens is 176 g/mol. The number of rotatable bonds is 1. The third kappa shape index (κ3) is 1.50. The average molecular weight is 192 g/mol. The van der Waals surface area contributed by atoms with Crippen molar-refractivity contribution in [3.8, 4) is 5.75 Å². The summed E-state index contributed by atoms with van der Waals surface area (Å²) >= 11 is 0. The highest BCUT2D eigenvalue weighted by molar-refractivity contribution is 5.39. The summed E-state index contributed by atoms with van der Waals surface area (Å²) in [5.41, 5.74) is 1.14. The van der Waals surface area contributed by atoms with Gasteiger partial charge in [-0.05, 0) is 12.0 Å². The maximum Gasteiger partial charge on any atom is 0.123 e. The van der Waals surface area contributed by atoms with Gasteiger partial charge in [0.25, 0.3) is 0 Å². The molecule has 2 nitrogen and oxygen atoms in total. The molecule has 0 radical (unpaired) electrons. The lowest BCUT2D eigenvalue weighted by Crippen LogP contribution is -2.33. The number of hydrogen-bond acceptors (Lipinski definition) is 2. The van der Waals surface area contributed by atoms with Gasteiger partial charge in [-0.15, -0.1) is 0 Å². The summed E-state index contributed by atoms with van der Waals surface area (Å²) in [7, 11) is 0. The van der Waals surface area contributed by atoms with E-state index in [4.69, 9.17) is 4.74 Å². The van der Waals surface area contributed by atoms with Crippen LogP contribution >= 0.6 is 0 Å². The summed E-state index contributed by atoms with van der Waals surface area (Å²) in [6.07, 6.45) is -0.370. The number of benzene rings is 1. The van der Waals surface area contributed by atoms with Crippen LogP contribution < -0.4 is 4.74 Å². The van der Waals surface area contributed by atoms with Gasteiger partial charge in [-0.2, -0.15) is 0 Å². The Balaban J connectivity index is 2.41. The zero-order valence-electron chi connectivity index (χ0n) is 8.60. The lowest BCUT2D eigenvalue weighted by Gasteiger charge is -2.32. The van der Waals surface area contributed by atoms with Crippen LogP contribution in [-0.4, -0.2) is 17.8 Å². The second-order valence-corrected chi connectivity index (χ2v) is 4.19. The van der Waals surface area contributed by atoms with Crippen LogP contribution in [0.15, 0.2) is 24.3 Å². The molecule has 1 aliphatic heterocycles. The van der Waals surface area contributed by atoms with Gasteiger partial charge in [-0.25, -0.2) is 0 Å². The van der Waals surface area contributed by atoms with E-state index in [1.807, 2.05) is 24.3 Å². The minimum atomic E-state index is -0.370. The van der Waals surface area contributed by atoms with Crippen LogP contribution in [0.3, 0.4) is 0 Å². The average Bonchev–Trinajstić information content (AvgIpc) is 2.17. The van der Waals surface area contributed by atoms with Crippen LogP contribution in [0.1, 0.15) is 25.3 Å². The molecule has 0 amide bonds. The van der Waals surface area contributed by atoms with Crippen molar-refractivity contribution in [2.24, 2.45) is 5.92 Å². The number of fused-ring (bicyclic) bond motifs is 1. The number of hydrogen-bond donors (Lipinski definition) is 1. The van der Waals surface area contributed by atoms with Crippen LogP contribution in [0.25, 0.3) is 0 Å². The zero-order chi connectivity index (χ0) is 10.1.